The molecule has 5 N–H and O–H groups in total. The Balaban J connectivity index is 1.75. The number of nitrogens with two attached hydrogens (primary N) is 1. The predicted molar refractivity (Wildman–Crippen MR) is 115 cm³/mol. The van der Waals surface area contributed by atoms with Gasteiger partial charge in [-0.2, -0.15) is 5.10 Å². The van der Waals surface area contributed by atoms with Crippen LogP contribution in [-0.4, -0.2) is 40.6 Å². The van der Waals surface area contributed by atoms with Crippen molar-refractivity contribution in [2.75, 3.05) is 0 Å². The highest BCUT2D eigenvalue weighted by Crippen LogP contribution is 2.39. The van der Waals surface area contributed by atoms with Crippen LogP contribution in [0.2, 0.25) is 5.02 Å². The first-order valence-electron chi connectivity index (χ1n) is 9.23. The summed E-state index contributed by atoms with van der Waals surface area (Å²) in [4.78, 5) is 23.0. The smallest absolute Gasteiger partial charge is 0.320 e. The molecule has 1 aliphatic heterocycles. The number of halogens is 1. The van der Waals surface area contributed by atoms with E-state index in [2.05, 4.69) is 10.5 Å². The summed E-state index contributed by atoms with van der Waals surface area (Å²) in [5.74, 6) is -0.700. The van der Waals surface area contributed by atoms with E-state index in [0.717, 1.165) is 0 Å². The molecule has 162 valence electrons. The van der Waals surface area contributed by atoms with Crippen LogP contribution in [0.5, 0.6) is 17.2 Å². The second-order valence-corrected chi connectivity index (χ2v) is 7.10. The Bertz CT molecular complexity index is 1070. The minimum atomic E-state index is -1.09. The number of carboxylic acid groups (broad SMARTS) is 1. The van der Waals surface area contributed by atoms with Gasteiger partial charge in [0.1, 0.15) is 11.8 Å². The lowest BCUT2D eigenvalue weighted by molar-refractivity contribution is -0.138. The van der Waals surface area contributed by atoms with Crippen molar-refractivity contribution in [3.8, 4) is 17.2 Å². The maximum absolute atomic E-state index is 12.2. The molecule has 0 fully saturated rings. The molecule has 1 heterocycles. The molecule has 0 aliphatic carbocycles. The predicted octanol–water partition coefficient (Wildman–Crippen LogP) is 2.74. The van der Waals surface area contributed by atoms with Gasteiger partial charge >= 0.3 is 5.97 Å². The van der Waals surface area contributed by atoms with Crippen LogP contribution in [0.1, 0.15) is 34.8 Å². The Kier molecular flexibility index (Phi) is 6.78. The van der Waals surface area contributed by atoms with Crippen molar-refractivity contribution in [3.63, 3.8) is 0 Å². The van der Waals surface area contributed by atoms with E-state index in [9.17, 15) is 14.7 Å². The second-order valence-electron chi connectivity index (χ2n) is 6.69. The standard InChI is InChI=1S/C21H20ClN3O6/c1-11-30-18-8-12(7-13(19(18)31-11)3-2-4-16(23)21(28)29)10-24-25-20(27)14-5-6-17(26)15(22)9-14/h2-3,5-11,16,26H,4,23H2,1H3,(H,25,27)(H,28,29)/b3-2+,24-10+. The highest BCUT2D eigenvalue weighted by Gasteiger charge is 2.23. The molecule has 2 aromatic rings. The van der Waals surface area contributed by atoms with Gasteiger partial charge < -0.3 is 25.4 Å². The van der Waals surface area contributed by atoms with Gasteiger partial charge in [-0.25, -0.2) is 5.43 Å². The van der Waals surface area contributed by atoms with E-state index in [0.29, 0.717) is 22.6 Å². The Morgan fingerprint density at radius 2 is 2.10 bits per heavy atom. The first-order valence-corrected chi connectivity index (χ1v) is 9.60. The number of hydrogen-bond acceptors (Lipinski definition) is 7. The average Bonchev–Trinajstić information content (AvgIpc) is 3.10. The summed E-state index contributed by atoms with van der Waals surface area (Å²) in [5.41, 5.74) is 9.39. The number of aliphatic carboxylic acids is 1. The molecule has 1 aliphatic rings. The number of aromatic hydroxyl groups is 1. The van der Waals surface area contributed by atoms with Gasteiger partial charge in [-0.3, -0.25) is 9.59 Å². The fourth-order valence-electron chi connectivity index (χ4n) is 2.75. The Labute approximate surface area is 182 Å². The number of carboxylic acids is 1. The van der Waals surface area contributed by atoms with Gasteiger partial charge in [0.05, 0.1) is 11.2 Å². The molecular weight excluding hydrogens is 426 g/mol. The van der Waals surface area contributed by atoms with Crippen molar-refractivity contribution in [1.29, 1.82) is 0 Å². The summed E-state index contributed by atoms with van der Waals surface area (Å²) in [6.07, 6.45) is 4.42. The largest absolute Gasteiger partial charge is 0.506 e. The molecule has 10 heteroatoms. The monoisotopic (exact) mass is 445 g/mol. The number of hydrazone groups is 1. The molecule has 9 nitrogen and oxygen atoms in total. The number of hydrogen-bond donors (Lipinski definition) is 4. The van der Waals surface area contributed by atoms with Gasteiger partial charge in [-0.15, -0.1) is 0 Å². The zero-order chi connectivity index (χ0) is 22.5. The third-order valence-corrected chi connectivity index (χ3v) is 4.58. The summed E-state index contributed by atoms with van der Waals surface area (Å²) in [7, 11) is 0. The Hall–Kier alpha value is -3.56. The summed E-state index contributed by atoms with van der Waals surface area (Å²) in [6, 6.07) is 6.50. The molecule has 0 bridgehead atoms. The molecule has 0 radical (unpaired) electrons. The van der Waals surface area contributed by atoms with Crippen LogP contribution in [0.3, 0.4) is 0 Å². The lowest BCUT2D eigenvalue weighted by Crippen LogP contribution is -2.29. The molecule has 2 atom stereocenters. The zero-order valence-electron chi connectivity index (χ0n) is 16.4. The highest BCUT2D eigenvalue weighted by atomic mass is 35.5. The molecule has 2 aromatic carbocycles. The van der Waals surface area contributed by atoms with Gasteiger partial charge in [0.15, 0.2) is 11.5 Å². The van der Waals surface area contributed by atoms with Crippen LogP contribution < -0.4 is 20.6 Å². The average molecular weight is 446 g/mol. The molecule has 3 rings (SSSR count). The summed E-state index contributed by atoms with van der Waals surface area (Å²) in [6.45, 7) is 1.74. The number of phenolic OH excluding ortho intramolecular Hbond substituents is 1. The Morgan fingerprint density at radius 3 is 2.81 bits per heavy atom. The number of rotatable bonds is 7. The van der Waals surface area contributed by atoms with E-state index in [1.165, 1.54) is 24.4 Å². The van der Waals surface area contributed by atoms with Gasteiger partial charge in [0, 0.05) is 18.1 Å². The number of carbonyl (C=O) groups excluding carboxylic acids is 1. The van der Waals surface area contributed by atoms with Crippen molar-refractivity contribution in [3.05, 3.63) is 58.1 Å². The van der Waals surface area contributed by atoms with Gasteiger partial charge in [-0.1, -0.05) is 23.8 Å². The van der Waals surface area contributed by atoms with E-state index >= 15 is 0 Å². The molecule has 2 unspecified atom stereocenters. The van der Waals surface area contributed by atoms with E-state index in [1.807, 2.05) is 0 Å². The first-order chi connectivity index (χ1) is 14.7. The van der Waals surface area contributed by atoms with Crippen LogP contribution in [0.4, 0.5) is 0 Å². The number of phenols is 1. The van der Waals surface area contributed by atoms with Crippen LogP contribution in [0.25, 0.3) is 6.08 Å². The van der Waals surface area contributed by atoms with Gasteiger partial charge in [0.2, 0.25) is 6.29 Å². The lowest BCUT2D eigenvalue weighted by atomic mass is 10.1. The normalized spacial score (nSPS) is 16.0. The topological polar surface area (TPSA) is 143 Å². The highest BCUT2D eigenvalue weighted by molar-refractivity contribution is 6.32. The van der Waals surface area contributed by atoms with Gasteiger partial charge in [0.25, 0.3) is 5.91 Å². The van der Waals surface area contributed by atoms with E-state index in [1.54, 1.807) is 31.2 Å². The number of carbonyl (C=O) groups is 2. The minimum Gasteiger partial charge on any atom is -0.506 e. The van der Waals surface area contributed by atoms with Crippen molar-refractivity contribution in [1.82, 2.24) is 5.43 Å². The number of ether oxygens (including phenoxy) is 2. The number of fused-ring (bicyclic) bond motifs is 1. The van der Waals surface area contributed by atoms with Crippen molar-refractivity contribution >= 4 is 35.8 Å². The molecule has 1 amide bonds. The maximum atomic E-state index is 12.2. The molecule has 31 heavy (non-hydrogen) atoms. The summed E-state index contributed by atoms with van der Waals surface area (Å²) >= 11 is 5.81. The van der Waals surface area contributed by atoms with E-state index in [4.69, 9.17) is 31.9 Å². The van der Waals surface area contributed by atoms with Crippen molar-refractivity contribution in [2.24, 2.45) is 10.8 Å². The second kappa shape index (κ2) is 9.50. The van der Waals surface area contributed by atoms with Crippen molar-refractivity contribution in [2.45, 2.75) is 25.7 Å². The van der Waals surface area contributed by atoms with Crippen LogP contribution in [0, 0.1) is 0 Å². The maximum Gasteiger partial charge on any atom is 0.320 e. The number of benzene rings is 2. The summed E-state index contributed by atoms with van der Waals surface area (Å²) in [5, 5.41) is 22.3. The fourth-order valence-corrected chi connectivity index (χ4v) is 2.93. The zero-order valence-corrected chi connectivity index (χ0v) is 17.2. The fraction of sp³-hybridized carbons (Fsp3) is 0.190. The van der Waals surface area contributed by atoms with Crippen molar-refractivity contribution < 1.29 is 29.3 Å². The molecular formula is C21H20ClN3O6. The number of nitrogens with one attached hydrogen (secondary N) is 1. The first kappa shape index (κ1) is 22.1. The minimum absolute atomic E-state index is 0.0561. The SMILES string of the molecule is CC1Oc2cc(/C=N/NC(=O)c3ccc(O)c(Cl)c3)cc(/C=C/CC(N)C(=O)O)c2O1. The molecule has 0 saturated carbocycles. The number of nitrogens with zero attached hydrogens (tertiary/aromatic N) is 1. The van der Waals surface area contributed by atoms with E-state index in [-0.39, 0.29) is 22.8 Å². The number of amides is 1. The lowest BCUT2D eigenvalue weighted by Gasteiger charge is -2.05. The summed E-state index contributed by atoms with van der Waals surface area (Å²) < 4.78 is 11.3. The van der Waals surface area contributed by atoms with Gasteiger partial charge in [-0.05, 0) is 42.3 Å². The van der Waals surface area contributed by atoms with E-state index < -0.39 is 24.2 Å². The molecule has 0 saturated heterocycles. The third-order valence-electron chi connectivity index (χ3n) is 4.28. The van der Waals surface area contributed by atoms with Crippen LogP contribution >= 0.6 is 11.6 Å². The van der Waals surface area contributed by atoms with Crippen LogP contribution in [-0.2, 0) is 4.79 Å². The molecule has 0 spiro atoms. The molecule has 0 aromatic heterocycles. The van der Waals surface area contributed by atoms with Crippen LogP contribution in [0.15, 0.2) is 41.5 Å². The third kappa shape index (κ3) is 5.53. The quantitative estimate of drug-likeness (QED) is 0.379. The Morgan fingerprint density at radius 1 is 1.32 bits per heavy atom.